The molecule has 0 bridgehead atoms. The van der Waals surface area contributed by atoms with Crippen molar-refractivity contribution >= 4 is 18.5 Å². The van der Waals surface area contributed by atoms with Crippen molar-refractivity contribution in [1.82, 2.24) is 4.90 Å². The second-order valence-corrected chi connectivity index (χ2v) is 7.08. The van der Waals surface area contributed by atoms with Gasteiger partial charge in [-0.1, -0.05) is 24.3 Å². The molecule has 1 heterocycles. The summed E-state index contributed by atoms with van der Waals surface area (Å²) in [7, 11) is 3.18. The van der Waals surface area contributed by atoms with E-state index in [1.165, 1.54) is 0 Å². The first-order valence-corrected chi connectivity index (χ1v) is 7.77. The minimum absolute atomic E-state index is 0.128. The lowest BCUT2D eigenvalue weighted by molar-refractivity contribution is -0.128. The largest absolute Gasteiger partial charge is 0.495 e. The first-order chi connectivity index (χ1) is 10.1. The fraction of sp³-hybridized carbons (Fsp3) is 0.588. The van der Waals surface area contributed by atoms with Crippen molar-refractivity contribution in [2.75, 3.05) is 14.1 Å². The Morgan fingerprint density at radius 3 is 2.18 bits per heavy atom. The molecule has 4 nitrogen and oxygen atoms in total. The van der Waals surface area contributed by atoms with Gasteiger partial charge in [0, 0.05) is 20.5 Å². The molecule has 1 amide bonds. The number of hydrogen-bond acceptors (Lipinski definition) is 3. The number of carbonyl (C=O) groups is 1. The monoisotopic (exact) mass is 303 g/mol. The number of nitrogens with zero attached hydrogens (tertiary/aromatic N) is 1. The molecule has 22 heavy (non-hydrogen) atoms. The fourth-order valence-corrected chi connectivity index (χ4v) is 2.43. The van der Waals surface area contributed by atoms with Gasteiger partial charge in [0.1, 0.15) is 0 Å². The van der Waals surface area contributed by atoms with Gasteiger partial charge in [0.2, 0.25) is 5.91 Å². The summed E-state index contributed by atoms with van der Waals surface area (Å²) >= 11 is 0. The van der Waals surface area contributed by atoms with Gasteiger partial charge in [-0.25, -0.2) is 0 Å². The molecule has 2 rings (SSSR count). The lowest BCUT2D eigenvalue weighted by Crippen LogP contribution is -2.41. The molecular weight excluding hydrogens is 277 g/mol. The van der Waals surface area contributed by atoms with Crippen molar-refractivity contribution in [3.63, 3.8) is 0 Å². The average Bonchev–Trinajstić information content (AvgIpc) is 2.65. The van der Waals surface area contributed by atoms with Crippen molar-refractivity contribution in [2.45, 2.75) is 51.7 Å². The minimum atomic E-state index is -0.379. The Labute approximate surface area is 133 Å². The summed E-state index contributed by atoms with van der Waals surface area (Å²) in [6.07, 6.45) is 1.18. The number of hydrogen-bond donors (Lipinski definition) is 0. The van der Waals surface area contributed by atoms with Crippen molar-refractivity contribution in [3.05, 3.63) is 29.8 Å². The fourth-order valence-electron chi connectivity index (χ4n) is 2.43. The molecule has 0 aliphatic carbocycles. The third-order valence-corrected chi connectivity index (χ3v) is 4.67. The van der Waals surface area contributed by atoms with Crippen LogP contribution >= 0.6 is 0 Å². The standard InChI is InChI=1S/C17H26BNO3/c1-16(2)17(3,4)22-18(21-16)14-10-8-7-9-13(14)11-12-15(20)19(5)6/h7-10H,11-12H2,1-6H3. The molecule has 1 aliphatic heterocycles. The van der Waals surface area contributed by atoms with Gasteiger partial charge in [0.15, 0.2) is 0 Å². The zero-order valence-corrected chi connectivity index (χ0v) is 14.5. The highest BCUT2D eigenvalue weighted by Crippen LogP contribution is 2.36. The van der Waals surface area contributed by atoms with Crippen LogP contribution in [-0.2, 0) is 20.5 Å². The van der Waals surface area contributed by atoms with Crippen LogP contribution < -0.4 is 5.46 Å². The summed E-state index contributed by atoms with van der Waals surface area (Å²) in [6.45, 7) is 8.19. The molecule has 1 saturated heterocycles. The third-order valence-electron chi connectivity index (χ3n) is 4.67. The van der Waals surface area contributed by atoms with Crippen LogP contribution in [0.25, 0.3) is 0 Å². The summed E-state index contributed by atoms with van der Waals surface area (Å²) in [4.78, 5) is 13.4. The molecule has 0 atom stereocenters. The van der Waals surface area contributed by atoms with Gasteiger partial charge in [0.25, 0.3) is 0 Å². The van der Waals surface area contributed by atoms with Crippen LogP contribution in [0.15, 0.2) is 24.3 Å². The highest BCUT2D eigenvalue weighted by molar-refractivity contribution is 6.62. The van der Waals surface area contributed by atoms with E-state index in [0.717, 1.165) is 11.0 Å². The van der Waals surface area contributed by atoms with E-state index in [9.17, 15) is 4.79 Å². The quantitative estimate of drug-likeness (QED) is 0.799. The first kappa shape index (κ1) is 17.0. The molecule has 1 aromatic rings. The minimum Gasteiger partial charge on any atom is -0.399 e. The molecule has 1 fully saturated rings. The Balaban J connectivity index is 2.18. The van der Waals surface area contributed by atoms with E-state index in [-0.39, 0.29) is 24.2 Å². The molecule has 5 heteroatoms. The predicted molar refractivity (Wildman–Crippen MR) is 89.2 cm³/mol. The number of benzene rings is 1. The lowest BCUT2D eigenvalue weighted by Gasteiger charge is -2.32. The second kappa shape index (κ2) is 6.05. The SMILES string of the molecule is CN(C)C(=O)CCc1ccccc1B1OC(C)(C)C(C)(C)O1. The normalized spacial score (nSPS) is 19.3. The van der Waals surface area contributed by atoms with Crippen LogP contribution in [0.4, 0.5) is 0 Å². The van der Waals surface area contributed by atoms with Crippen LogP contribution in [0.1, 0.15) is 39.7 Å². The van der Waals surface area contributed by atoms with Crippen molar-refractivity contribution in [3.8, 4) is 0 Å². The maximum atomic E-state index is 11.8. The molecule has 0 spiro atoms. The first-order valence-electron chi connectivity index (χ1n) is 7.77. The number of carbonyl (C=O) groups excluding carboxylic acids is 1. The molecule has 1 aliphatic rings. The van der Waals surface area contributed by atoms with Crippen LogP contribution in [0.5, 0.6) is 0 Å². The van der Waals surface area contributed by atoms with Crippen LogP contribution in [0.2, 0.25) is 0 Å². The van der Waals surface area contributed by atoms with Gasteiger partial charge in [0.05, 0.1) is 11.2 Å². The Morgan fingerprint density at radius 2 is 1.64 bits per heavy atom. The molecular formula is C17H26BNO3. The summed E-state index contributed by atoms with van der Waals surface area (Å²) in [6, 6.07) is 8.04. The summed E-state index contributed by atoms with van der Waals surface area (Å²) in [5.41, 5.74) is 1.41. The van der Waals surface area contributed by atoms with Gasteiger partial charge in [-0.05, 0) is 45.1 Å². The number of rotatable bonds is 4. The zero-order valence-electron chi connectivity index (χ0n) is 14.5. The van der Waals surface area contributed by atoms with Gasteiger partial charge in [-0.2, -0.15) is 0 Å². The predicted octanol–water partition coefficient (Wildman–Crippen LogP) is 2.01. The van der Waals surface area contributed by atoms with E-state index < -0.39 is 0 Å². The van der Waals surface area contributed by atoms with Gasteiger partial charge < -0.3 is 14.2 Å². The van der Waals surface area contributed by atoms with E-state index in [1.54, 1.807) is 19.0 Å². The summed E-state index contributed by atoms with van der Waals surface area (Å²) in [5, 5.41) is 0. The molecule has 0 saturated carbocycles. The van der Waals surface area contributed by atoms with Crippen LogP contribution in [-0.4, -0.2) is 43.2 Å². The van der Waals surface area contributed by atoms with Gasteiger partial charge in [-0.3, -0.25) is 4.79 Å². The highest BCUT2D eigenvalue weighted by atomic mass is 16.7. The lowest BCUT2D eigenvalue weighted by atomic mass is 9.75. The van der Waals surface area contributed by atoms with Crippen molar-refractivity contribution < 1.29 is 14.1 Å². The molecule has 1 aromatic carbocycles. The summed E-state index contributed by atoms with van der Waals surface area (Å²) < 4.78 is 12.3. The summed E-state index contributed by atoms with van der Waals surface area (Å²) in [5.74, 6) is 0.128. The van der Waals surface area contributed by atoms with Crippen molar-refractivity contribution in [1.29, 1.82) is 0 Å². The molecule has 120 valence electrons. The Morgan fingerprint density at radius 1 is 1.09 bits per heavy atom. The van der Waals surface area contributed by atoms with E-state index in [4.69, 9.17) is 9.31 Å². The molecule has 0 radical (unpaired) electrons. The molecule has 0 N–H and O–H groups in total. The van der Waals surface area contributed by atoms with Crippen LogP contribution in [0.3, 0.4) is 0 Å². The van der Waals surface area contributed by atoms with Gasteiger partial charge >= 0.3 is 7.12 Å². The average molecular weight is 303 g/mol. The molecule has 0 unspecified atom stereocenters. The zero-order chi connectivity index (χ0) is 16.5. The third kappa shape index (κ3) is 3.36. The maximum Gasteiger partial charge on any atom is 0.495 e. The van der Waals surface area contributed by atoms with E-state index in [2.05, 4.69) is 0 Å². The Hall–Kier alpha value is -1.33. The van der Waals surface area contributed by atoms with Crippen LogP contribution in [0, 0.1) is 0 Å². The van der Waals surface area contributed by atoms with Gasteiger partial charge in [-0.15, -0.1) is 0 Å². The Bertz CT molecular complexity index is 539. The van der Waals surface area contributed by atoms with E-state index >= 15 is 0 Å². The smallest absolute Gasteiger partial charge is 0.399 e. The number of amides is 1. The van der Waals surface area contributed by atoms with E-state index in [1.807, 2.05) is 52.0 Å². The topological polar surface area (TPSA) is 38.8 Å². The van der Waals surface area contributed by atoms with E-state index in [0.29, 0.717) is 12.8 Å². The second-order valence-electron chi connectivity index (χ2n) is 7.08. The molecule has 0 aromatic heterocycles. The van der Waals surface area contributed by atoms with Crippen molar-refractivity contribution in [2.24, 2.45) is 0 Å². The Kier molecular flexibility index (Phi) is 4.69. The maximum absolute atomic E-state index is 11.8. The highest BCUT2D eigenvalue weighted by Gasteiger charge is 2.52. The number of aryl methyl sites for hydroxylation is 1.